The van der Waals surface area contributed by atoms with Gasteiger partial charge in [-0.05, 0) is 36.9 Å². The standard InChI is InChI=1S/C15H25N3O4S2/c1-13-7-9-18(10-8-13)24(21,22)17-11-14-3-5-15(6-4-14)12-23(19,20)16-2/h3-6,13,16-17H,7-12H2,1-2H3. The van der Waals surface area contributed by atoms with E-state index in [1.807, 2.05) is 0 Å². The first kappa shape index (κ1) is 19.3. The lowest BCUT2D eigenvalue weighted by Gasteiger charge is -2.29. The Kier molecular flexibility index (Phi) is 6.38. The maximum absolute atomic E-state index is 12.3. The molecule has 1 heterocycles. The van der Waals surface area contributed by atoms with E-state index >= 15 is 0 Å². The molecule has 9 heteroatoms. The monoisotopic (exact) mass is 375 g/mol. The van der Waals surface area contributed by atoms with Gasteiger partial charge in [0, 0.05) is 19.6 Å². The lowest BCUT2D eigenvalue weighted by atomic mass is 10.0. The predicted octanol–water partition coefficient (Wildman–Crippen LogP) is 0.802. The molecule has 1 aliphatic heterocycles. The van der Waals surface area contributed by atoms with Crippen molar-refractivity contribution in [3.05, 3.63) is 35.4 Å². The Morgan fingerprint density at radius 2 is 1.58 bits per heavy atom. The summed E-state index contributed by atoms with van der Waals surface area (Å²) in [6.07, 6.45) is 1.77. The molecule has 0 aliphatic carbocycles. The summed E-state index contributed by atoms with van der Waals surface area (Å²) < 4.78 is 53.9. The van der Waals surface area contributed by atoms with Crippen molar-refractivity contribution in [3.8, 4) is 0 Å². The van der Waals surface area contributed by atoms with Gasteiger partial charge in [-0.3, -0.25) is 0 Å². The van der Waals surface area contributed by atoms with Crippen molar-refractivity contribution in [2.45, 2.75) is 32.1 Å². The van der Waals surface area contributed by atoms with Gasteiger partial charge in [-0.1, -0.05) is 31.2 Å². The van der Waals surface area contributed by atoms with Crippen LogP contribution < -0.4 is 9.44 Å². The fourth-order valence-corrected chi connectivity index (χ4v) is 4.53. The molecule has 0 radical (unpaired) electrons. The molecule has 1 aromatic carbocycles. The van der Waals surface area contributed by atoms with Crippen molar-refractivity contribution < 1.29 is 16.8 Å². The summed E-state index contributed by atoms with van der Waals surface area (Å²) in [7, 11) is -5.40. The molecule has 0 saturated carbocycles. The SMILES string of the molecule is CNS(=O)(=O)Cc1ccc(CNS(=O)(=O)N2CCC(C)CC2)cc1. The van der Waals surface area contributed by atoms with E-state index in [2.05, 4.69) is 16.4 Å². The number of piperidine rings is 1. The largest absolute Gasteiger partial charge is 0.279 e. The zero-order chi connectivity index (χ0) is 17.8. The first-order chi connectivity index (χ1) is 11.2. The van der Waals surface area contributed by atoms with Crippen LogP contribution in [0.25, 0.3) is 0 Å². The number of nitrogens with one attached hydrogen (secondary N) is 2. The van der Waals surface area contributed by atoms with Crippen LogP contribution >= 0.6 is 0 Å². The fraction of sp³-hybridized carbons (Fsp3) is 0.600. The molecule has 0 spiro atoms. The number of rotatable bonds is 7. The second-order valence-corrected chi connectivity index (χ2v) is 9.87. The zero-order valence-electron chi connectivity index (χ0n) is 14.0. The van der Waals surface area contributed by atoms with E-state index in [0.717, 1.165) is 18.4 Å². The van der Waals surface area contributed by atoms with Crippen LogP contribution in [-0.2, 0) is 32.5 Å². The Hall–Kier alpha value is -1.00. The Morgan fingerprint density at radius 1 is 1.04 bits per heavy atom. The van der Waals surface area contributed by atoms with Crippen molar-refractivity contribution in [1.29, 1.82) is 0 Å². The number of hydrogen-bond acceptors (Lipinski definition) is 4. The van der Waals surface area contributed by atoms with Gasteiger partial charge in [0.2, 0.25) is 10.0 Å². The van der Waals surface area contributed by atoms with E-state index in [1.54, 1.807) is 24.3 Å². The average molecular weight is 376 g/mol. The smallest absolute Gasteiger partial charge is 0.218 e. The third kappa shape index (κ3) is 5.52. The molecule has 0 atom stereocenters. The molecule has 2 N–H and O–H groups in total. The highest BCUT2D eigenvalue weighted by Crippen LogP contribution is 2.18. The highest BCUT2D eigenvalue weighted by molar-refractivity contribution is 7.88. The topological polar surface area (TPSA) is 95.6 Å². The van der Waals surface area contributed by atoms with Crippen LogP contribution in [-0.4, -0.2) is 41.3 Å². The first-order valence-electron chi connectivity index (χ1n) is 7.95. The van der Waals surface area contributed by atoms with Crippen LogP contribution in [0.3, 0.4) is 0 Å². The first-order valence-corrected chi connectivity index (χ1v) is 11.0. The minimum atomic E-state index is -3.47. The summed E-state index contributed by atoms with van der Waals surface area (Å²) in [6.45, 7) is 3.43. The summed E-state index contributed by atoms with van der Waals surface area (Å²) in [5, 5.41) is 0. The Labute approximate surface area is 144 Å². The summed E-state index contributed by atoms with van der Waals surface area (Å²) in [5.74, 6) is 0.472. The lowest BCUT2D eigenvalue weighted by Crippen LogP contribution is -2.44. The van der Waals surface area contributed by atoms with Crippen molar-refractivity contribution >= 4 is 20.2 Å². The Balaban J connectivity index is 1.92. The fourth-order valence-electron chi connectivity index (χ4n) is 2.54. The average Bonchev–Trinajstić information content (AvgIpc) is 2.54. The molecule has 2 rings (SSSR count). The second kappa shape index (κ2) is 7.92. The summed E-state index contributed by atoms with van der Waals surface area (Å²) in [4.78, 5) is 0. The van der Waals surface area contributed by atoms with E-state index in [4.69, 9.17) is 0 Å². The van der Waals surface area contributed by atoms with E-state index in [-0.39, 0.29) is 12.3 Å². The van der Waals surface area contributed by atoms with Crippen LogP contribution in [0, 0.1) is 5.92 Å². The van der Waals surface area contributed by atoms with Gasteiger partial charge in [-0.15, -0.1) is 0 Å². The predicted molar refractivity (Wildman–Crippen MR) is 93.9 cm³/mol. The molecular weight excluding hydrogens is 350 g/mol. The maximum atomic E-state index is 12.3. The van der Waals surface area contributed by atoms with Crippen LogP contribution in [0.4, 0.5) is 0 Å². The van der Waals surface area contributed by atoms with E-state index in [9.17, 15) is 16.8 Å². The van der Waals surface area contributed by atoms with Crippen LogP contribution in [0.5, 0.6) is 0 Å². The molecule has 136 valence electrons. The molecule has 1 aromatic rings. The number of hydrogen-bond donors (Lipinski definition) is 2. The quantitative estimate of drug-likeness (QED) is 0.737. The second-order valence-electron chi connectivity index (χ2n) is 6.19. The third-order valence-electron chi connectivity index (χ3n) is 4.23. The van der Waals surface area contributed by atoms with Crippen LogP contribution in [0.1, 0.15) is 30.9 Å². The van der Waals surface area contributed by atoms with Crippen LogP contribution in [0.2, 0.25) is 0 Å². The van der Waals surface area contributed by atoms with Crippen molar-refractivity contribution in [3.63, 3.8) is 0 Å². The Morgan fingerprint density at radius 3 is 2.12 bits per heavy atom. The van der Waals surface area contributed by atoms with Crippen LogP contribution in [0.15, 0.2) is 24.3 Å². The van der Waals surface area contributed by atoms with Gasteiger partial charge in [0.25, 0.3) is 10.2 Å². The van der Waals surface area contributed by atoms with Gasteiger partial charge in [0.15, 0.2) is 0 Å². The maximum Gasteiger partial charge on any atom is 0.279 e. The molecule has 7 nitrogen and oxygen atoms in total. The van der Waals surface area contributed by atoms with Gasteiger partial charge < -0.3 is 0 Å². The Bertz CT molecular complexity index is 737. The van der Waals surface area contributed by atoms with E-state index in [0.29, 0.717) is 24.6 Å². The molecule has 0 amide bonds. The van der Waals surface area contributed by atoms with Gasteiger partial charge in [0.1, 0.15) is 0 Å². The molecule has 1 saturated heterocycles. The molecule has 24 heavy (non-hydrogen) atoms. The van der Waals surface area contributed by atoms with Gasteiger partial charge in [-0.2, -0.15) is 17.4 Å². The number of benzene rings is 1. The molecular formula is C15H25N3O4S2. The highest BCUT2D eigenvalue weighted by Gasteiger charge is 2.25. The minimum Gasteiger partial charge on any atom is -0.218 e. The highest BCUT2D eigenvalue weighted by atomic mass is 32.2. The normalized spacial score (nSPS) is 17.9. The van der Waals surface area contributed by atoms with Crippen molar-refractivity contribution in [1.82, 2.24) is 13.7 Å². The van der Waals surface area contributed by atoms with Crippen molar-refractivity contribution in [2.75, 3.05) is 20.1 Å². The molecule has 0 bridgehead atoms. The van der Waals surface area contributed by atoms with E-state index in [1.165, 1.54) is 11.4 Å². The molecule has 0 unspecified atom stereocenters. The summed E-state index contributed by atoms with van der Waals surface area (Å²) in [6, 6.07) is 6.87. The molecule has 1 fully saturated rings. The zero-order valence-corrected chi connectivity index (χ0v) is 15.7. The summed E-state index contributed by atoms with van der Waals surface area (Å²) in [5.41, 5.74) is 1.44. The third-order valence-corrected chi connectivity index (χ3v) is 7.12. The van der Waals surface area contributed by atoms with Crippen molar-refractivity contribution in [2.24, 2.45) is 5.92 Å². The van der Waals surface area contributed by atoms with Gasteiger partial charge >= 0.3 is 0 Å². The minimum absolute atomic E-state index is 0.0958. The summed E-state index contributed by atoms with van der Waals surface area (Å²) >= 11 is 0. The van der Waals surface area contributed by atoms with E-state index < -0.39 is 20.2 Å². The number of nitrogens with zero attached hydrogens (tertiary/aromatic N) is 1. The molecule has 1 aliphatic rings. The number of sulfonamides is 1. The molecule has 0 aromatic heterocycles. The van der Waals surface area contributed by atoms with Gasteiger partial charge in [-0.25, -0.2) is 13.1 Å². The van der Waals surface area contributed by atoms with Gasteiger partial charge in [0.05, 0.1) is 5.75 Å². The lowest BCUT2D eigenvalue weighted by molar-refractivity contribution is 0.285.